The standard InChI is InChI=1S/C17H21BrN2O/c18-17-7-6-16(21-17)12-19-15-8-10-20(11-9-15)13-14-4-2-1-3-5-14/h1-7,15,19H,8-13H2/p+2. The van der Waals surface area contributed by atoms with Crippen molar-refractivity contribution in [2.24, 2.45) is 0 Å². The van der Waals surface area contributed by atoms with E-state index in [2.05, 4.69) is 57.6 Å². The van der Waals surface area contributed by atoms with Gasteiger partial charge in [-0.15, -0.1) is 0 Å². The van der Waals surface area contributed by atoms with E-state index in [1.807, 2.05) is 6.07 Å². The fraction of sp³-hybridized carbons (Fsp3) is 0.412. The molecular weight excluding hydrogens is 328 g/mol. The van der Waals surface area contributed by atoms with Gasteiger partial charge in [-0.2, -0.15) is 0 Å². The molecule has 0 spiro atoms. The number of nitrogens with one attached hydrogen (secondary N) is 1. The summed E-state index contributed by atoms with van der Waals surface area (Å²) in [5.74, 6) is 1.06. The van der Waals surface area contributed by atoms with Gasteiger partial charge in [0.05, 0.1) is 19.1 Å². The van der Waals surface area contributed by atoms with Crippen molar-refractivity contribution >= 4 is 15.9 Å². The fourth-order valence-corrected chi connectivity index (χ4v) is 3.43. The number of furan rings is 1. The molecule has 2 aromatic rings. The van der Waals surface area contributed by atoms with E-state index in [4.69, 9.17) is 4.42 Å². The van der Waals surface area contributed by atoms with Crippen molar-refractivity contribution in [3.8, 4) is 0 Å². The van der Waals surface area contributed by atoms with Crippen molar-refractivity contribution < 1.29 is 14.6 Å². The molecule has 1 fully saturated rings. The second-order valence-corrected chi connectivity index (χ2v) is 6.68. The zero-order valence-electron chi connectivity index (χ0n) is 12.2. The van der Waals surface area contributed by atoms with Gasteiger partial charge in [-0.1, -0.05) is 30.3 Å². The van der Waals surface area contributed by atoms with Crippen LogP contribution in [0, 0.1) is 0 Å². The smallest absolute Gasteiger partial charge is 0.169 e. The molecule has 0 amide bonds. The third-order valence-electron chi connectivity index (χ3n) is 4.32. The van der Waals surface area contributed by atoms with Gasteiger partial charge in [0.25, 0.3) is 0 Å². The number of rotatable bonds is 5. The first-order valence-electron chi connectivity index (χ1n) is 7.74. The summed E-state index contributed by atoms with van der Waals surface area (Å²) in [6.45, 7) is 4.67. The molecule has 1 saturated heterocycles. The number of nitrogens with two attached hydrogens (primary N) is 1. The van der Waals surface area contributed by atoms with Crippen LogP contribution < -0.4 is 10.2 Å². The van der Waals surface area contributed by atoms with Gasteiger partial charge in [-0.05, 0) is 28.1 Å². The Balaban J connectivity index is 1.40. The number of hydrogen-bond donors (Lipinski definition) is 2. The van der Waals surface area contributed by atoms with E-state index >= 15 is 0 Å². The van der Waals surface area contributed by atoms with Gasteiger partial charge in [0.2, 0.25) is 0 Å². The minimum atomic E-state index is 0.744. The average molecular weight is 351 g/mol. The molecule has 2 heterocycles. The Morgan fingerprint density at radius 2 is 1.86 bits per heavy atom. The summed E-state index contributed by atoms with van der Waals surface area (Å²) in [4.78, 5) is 1.71. The molecule has 3 N–H and O–H groups in total. The maximum absolute atomic E-state index is 5.55. The summed E-state index contributed by atoms with van der Waals surface area (Å²) >= 11 is 3.35. The van der Waals surface area contributed by atoms with Crippen molar-refractivity contribution in [1.82, 2.24) is 0 Å². The van der Waals surface area contributed by atoms with Crippen molar-refractivity contribution in [3.63, 3.8) is 0 Å². The predicted molar refractivity (Wildman–Crippen MR) is 85.9 cm³/mol. The molecule has 0 bridgehead atoms. The molecule has 0 atom stereocenters. The minimum absolute atomic E-state index is 0.744. The zero-order valence-corrected chi connectivity index (χ0v) is 13.8. The molecule has 112 valence electrons. The van der Waals surface area contributed by atoms with Crippen LogP contribution in [0.25, 0.3) is 0 Å². The first kappa shape index (κ1) is 14.8. The van der Waals surface area contributed by atoms with E-state index < -0.39 is 0 Å². The molecule has 1 aromatic carbocycles. The van der Waals surface area contributed by atoms with Crippen LogP contribution in [-0.4, -0.2) is 19.1 Å². The van der Waals surface area contributed by atoms with Crippen molar-refractivity contribution in [2.75, 3.05) is 13.1 Å². The van der Waals surface area contributed by atoms with Gasteiger partial charge >= 0.3 is 0 Å². The Kier molecular flexibility index (Phi) is 5.12. The first-order valence-corrected chi connectivity index (χ1v) is 8.54. The highest BCUT2D eigenvalue weighted by Crippen LogP contribution is 2.12. The Labute approximate surface area is 134 Å². The summed E-state index contributed by atoms with van der Waals surface area (Å²) in [5.41, 5.74) is 1.45. The average Bonchev–Trinajstić information content (AvgIpc) is 2.93. The Bertz CT molecular complexity index is 547. The van der Waals surface area contributed by atoms with E-state index in [1.165, 1.54) is 38.0 Å². The van der Waals surface area contributed by atoms with Crippen LogP contribution in [-0.2, 0) is 13.1 Å². The van der Waals surface area contributed by atoms with E-state index in [0.29, 0.717) is 0 Å². The zero-order chi connectivity index (χ0) is 14.5. The maximum atomic E-state index is 5.55. The van der Waals surface area contributed by atoms with Gasteiger partial charge in [0.1, 0.15) is 13.1 Å². The Morgan fingerprint density at radius 1 is 1.10 bits per heavy atom. The first-order chi connectivity index (χ1) is 10.3. The van der Waals surface area contributed by atoms with Gasteiger partial charge in [0, 0.05) is 18.4 Å². The molecule has 3 nitrogen and oxygen atoms in total. The summed E-state index contributed by atoms with van der Waals surface area (Å²) in [5, 5.41) is 2.44. The van der Waals surface area contributed by atoms with E-state index in [-0.39, 0.29) is 0 Å². The topological polar surface area (TPSA) is 34.2 Å². The van der Waals surface area contributed by atoms with Crippen LogP contribution >= 0.6 is 15.9 Å². The molecule has 4 heteroatoms. The lowest BCUT2D eigenvalue weighted by molar-refractivity contribution is -0.926. The molecule has 1 aliphatic heterocycles. The quantitative estimate of drug-likeness (QED) is 0.838. The van der Waals surface area contributed by atoms with Crippen molar-refractivity contribution in [2.45, 2.75) is 32.0 Å². The molecule has 0 saturated carbocycles. The molecule has 3 rings (SSSR count). The summed E-state index contributed by atoms with van der Waals surface area (Å²) < 4.78 is 6.38. The fourth-order valence-electron chi connectivity index (χ4n) is 3.09. The summed E-state index contributed by atoms with van der Waals surface area (Å²) in [7, 11) is 0. The number of benzene rings is 1. The molecular formula is C17H23BrN2O+2. The SMILES string of the molecule is Brc1ccc(C[NH2+]C2CC[NH+](Cc3ccccc3)CC2)o1. The van der Waals surface area contributed by atoms with E-state index in [0.717, 1.165) is 23.0 Å². The normalized spacial score (nSPS) is 22.3. The van der Waals surface area contributed by atoms with Gasteiger partial charge in [-0.3, -0.25) is 0 Å². The number of likely N-dealkylation sites (tertiary alicyclic amines) is 1. The molecule has 0 unspecified atom stereocenters. The highest BCUT2D eigenvalue weighted by Gasteiger charge is 2.24. The Hall–Kier alpha value is -1.10. The number of quaternary nitrogens is 2. The van der Waals surface area contributed by atoms with Crippen molar-refractivity contribution in [1.29, 1.82) is 0 Å². The second kappa shape index (κ2) is 7.25. The molecule has 1 aromatic heterocycles. The number of hydrogen-bond acceptors (Lipinski definition) is 1. The largest absolute Gasteiger partial charge is 0.448 e. The van der Waals surface area contributed by atoms with Crippen LogP contribution in [0.5, 0.6) is 0 Å². The van der Waals surface area contributed by atoms with Gasteiger partial charge in [-0.25, -0.2) is 0 Å². The third-order valence-corrected chi connectivity index (χ3v) is 4.74. The van der Waals surface area contributed by atoms with Crippen LogP contribution in [0.2, 0.25) is 0 Å². The maximum Gasteiger partial charge on any atom is 0.169 e. The predicted octanol–water partition coefficient (Wildman–Crippen LogP) is 1.35. The lowest BCUT2D eigenvalue weighted by Gasteiger charge is -2.27. The molecule has 1 aliphatic rings. The summed E-state index contributed by atoms with van der Waals surface area (Å²) in [6.07, 6.45) is 2.59. The van der Waals surface area contributed by atoms with Crippen LogP contribution in [0.3, 0.4) is 0 Å². The monoisotopic (exact) mass is 350 g/mol. The minimum Gasteiger partial charge on any atom is -0.448 e. The number of halogens is 1. The van der Waals surface area contributed by atoms with Crippen LogP contribution in [0.1, 0.15) is 24.2 Å². The highest BCUT2D eigenvalue weighted by atomic mass is 79.9. The lowest BCUT2D eigenvalue weighted by atomic mass is 10.0. The van der Waals surface area contributed by atoms with Crippen LogP contribution in [0.4, 0.5) is 0 Å². The molecule has 0 aliphatic carbocycles. The lowest BCUT2D eigenvalue weighted by Crippen LogP contribution is -3.13. The molecule has 0 radical (unpaired) electrons. The second-order valence-electron chi connectivity index (χ2n) is 5.90. The third kappa shape index (κ3) is 4.43. The van der Waals surface area contributed by atoms with E-state index in [9.17, 15) is 0 Å². The van der Waals surface area contributed by atoms with Crippen LogP contribution in [0.15, 0.2) is 51.6 Å². The summed E-state index contributed by atoms with van der Waals surface area (Å²) in [6, 6.07) is 15.6. The number of piperidine rings is 1. The Morgan fingerprint density at radius 3 is 2.52 bits per heavy atom. The van der Waals surface area contributed by atoms with E-state index in [1.54, 1.807) is 4.90 Å². The molecule has 21 heavy (non-hydrogen) atoms. The van der Waals surface area contributed by atoms with Crippen molar-refractivity contribution in [3.05, 3.63) is 58.5 Å². The van der Waals surface area contributed by atoms with Gasteiger partial charge < -0.3 is 14.6 Å². The van der Waals surface area contributed by atoms with Gasteiger partial charge in [0.15, 0.2) is 10.4 Å². The highest BCUT2D eigenvalue weighted by molar-refractivity contribution is 9.10.